The fourth-order valence-corrected chi connectivity index (χ4v) is 5.85. The predicted molar refractivity (Wildman–Crippen MR) is 131 cm³/mol. The number of carboxylic acid groups (broad SMARTS) is 1. The van der Waals surface area contributed by atoms with E-state index in [9.17, 15) is 9.90 Å². The lowest BCUT2D eigenvalue weighted by Gasteiger charge is -2.28. The van der Waals surface area contributed by atoms with Gasteiger partial charge in [-0.3, -0.25) is 0 Å². The second-order valence-corrected chi connectivity index (χ2v) is 9.73. The lowest BCUT2D eigenvalue weighted by Crippen LogP contribution is -2.24. The number of hydrogen-bond donors (Lipinski definition) is 1. The molecule has 5 heteroatoms. The van der Waals surface area contributed by atoms with Crippen molar-refractivity contribution in [2.24, 2.45) is 5.92 Å². The Labute approximate surface area is 191 Å². The number of aryl methyl sites for hydroxylation is 1. The lowest BCUT2D eigenvalue weighted by atomic mass is 9.88. The molecule has 1 N–H and O–H groups in total. The molecule has 4 nitrogen and oxygen atoms in total. The van der Waals surface area contributed by atoms with Gasteiger partial charge in [-0.25, -0.2) is 9.78 Å². The zero-order valence-corrected chi connectivity index (χ0v) is 19.2. The zero-order chi connectivity index (χ0) is 22.2. The molecule has 2 aromatic carbocycles. The molecule has 0 amide bonds. The summed E-state index contributed by atoms with van der Waals surface area (Å²) in [4.78, 5) is 17.4. The highest BCUT2D eigenvalue weighted by Crippen LogP contribution is 2.39. The molecule has 2 heterocycles. The number of fused-ring (bicyclic) bond motifs is 2. The van der Waals surface area contributed by atoms with Crippen LogP contribution in [-0.2, 0) is 6.42 Å². The minimum Gasteiger partial charge on any atom is -0.490 e. The van der Waals surface area contributed by atoms with Gasteiger partial charge in [0.1, 0.15) is 5.75 Å². The molecule has 2 atom stereocenters. The van der Waals surface area contributed by atoms with Crippen molar-refractivity contribution < 1.29 is 14.6 Å². The fraction of sp³-hybridized carbons (Fsp3) is 0.333. The van der Waals surface area contributed by atoms with Gasteiger partial charge in [-0.1, -0.05) is 44.5 Å². The van der Waals surface area contributed by atoms with Crippen molar-refractivity contribution in [3.63, 3.8) is 0 Å². The van der Waals surface area contributed by atoms with E-state index < -0.39 is 5.97 Å². The van der Waals surface area contributed by atoms with Gasteiger partial charge in [-0.15, -0.1) is 11.3 Å². The quantitative estimate of drug-likeness (QED) is 0.349. The van der Waals surface area contributed by atoms with E-state index >= 15 is 0 Å². The van der Waals surface area contributed by atoms with Gasteiger partial charge in [0.2, 0.25) is 0 Å². The molecule has 0 spiro atoms. The van der Waals surface area contributed by atoms with Gasteiger partial charge >= 0.3 is 5.97 Å². The summed E-state index contributed by atoms with van der Waals surface area (Å²) in [6, 6.07) is 13.9. The Hall–Kier alpha value is -2.92. The molecule has 1 fully saturated rings. The van der Waals surface area contributed by atoms with E-state index in [-0.39, 0.29) is 11.7 Å². The smallest absolute Gasteiger partial charge is 0.336 e. The molecule has 1 aliphatic rings. The number of carboxylic acids is 1. The van der Waals surface area contributed by atoms with Crippen molar-refractivity contribution in [1.29, 1.82) is 0 Å². The van der Waals surface area contributed by atoms with Crippen LogP contribution in [0.2, 0.25) is 0 Å². The first-order valence-corrected chi connectivity index (χ1v) is 12.3. The van der Waals surface area contributed by atoms with E-state index in [1.165, 1.54) is 11.1 Å². The van der Waals surface area contributed by atoms with Crippen LogP contribution < -0.4 is 4.74 Å². The van der Waals surface area contributed by atoms with E-state index in [4.69, 9.17) is 9.72 Å². The fourth-order valence-electron chi connectivity index (χ4n) is 4.90. The molecule has 0 bridgehead atoms. The second-order valence-electron chi connectivity index (χ2n) is 8.82. The van der Waals surface area contributed by atoms with Crippen LogP contribution >= 0.6 is 11.3 Å². The first kappa shape index (κ1) is 21.0. The number of aromatic carboxylic acids is 1. The van der Waals surface area contributed by atoms with E-state index in [1.54, 1.807) is 17.4 Å². The second kappa shape index (κ2) is 8.55. The summed E-state index contributed by atoms with van der Waals surface area (Å²) in [5, 5.41) is 14.0. The summed E-state index contributed by atoms with van der Waals surface area (Å²) in [6.07, 6.45) is 5.29. The van der Waals surface area contributed by atoms with Crippen LogP contribution in [0.3, 0.4) is 0 Å². The van der Waals surface area contributed by atoms with Gasteiger partial charge in [-0.05, 0) is 55.4 Å². The average molecular weight is 446 g/mol. The summed E-state index contributed by atoms with van der Waals surface area (Å²) in [6.45, 7) is 4.34. The maximum atomic E-state index is 12.4. The summed E-state index contributed by atoms with van der Waals surface area (Å²) in [5.41, 5.74) is 3.71. The maximum absolute atomic E-state index is 12.4. The third-order valence-electron chi connectivity index (χ3n) is 6.56. The standard InChI is InChI=1S/C27H27NO3S/c1-3-17-11-12-23(31-18-8-6-7-16(2)13-18)25-20(27(29)30)14-22(28-26(17)25)21-15-32-24-10-5-4-9-19(21)24/h4-5,9-12,14-16,18H,3,6-8,13H2,1-2H3,(H,29,30)/t16-,18+/m0/s1. The van der Waals surface area contributed by atoms with Crippen molar-refractivity contribution >= 4 is 38.3 Å². The molecule has 0 aliphatic heterocycles. The summed E-state index contributed by atoms with van der Waals surface area (Å²) < 4.78 is 7.60. The van der Waals surface area contributed by atoms with Crippen LogP contribution in [0.25, 0.3) is 32.2 Å². The minimum absolute atomic E-state index is 0.122. The number of carbonyl (C=O) groups is 1. The van der Waals surface area contributed by atoms with Crippen molar-refractivity contribution in [3.05, 3.63) is 59.0 Å². The number of benzene rings is 2. The van der Waals surface area contributed by atoms with E-state index in [1.807, 2.05) is 24.3 Å². The minimum atomic E-state index is -0.951. The van der Waals surface area contributed by atoms with E-state index in [0.717, 1.165) is 47.7 Å². The number of pyridine rings is 1. The highest BCUT2D eigenvalue weighted by molar-refractivity contribution is 7.17. The number of hydrogen-bond acceptors (Lipinski definition) is 4. The topological polar surface area (TPSA) is 59.4 Å². The highest BCUT2D eigenvalue weighted by atomic mass is 32.1. The normalized spacial score (nSPS) is 18.8. The Bertz CT molecular complexity index is 1310. The average Bonchev–Trinajstić information content (AvgIpc) is 3.22. The first-order valence-electron chi connectivity index (χ1n) is 11.4. The molecule has 0 radical (unpaired) electrons. The summed E-state index contributed by atoms with van der Waals surface area (Å²) in [7, 11) is 0. The van der Waals surface area contributed by atoms with Crippen LogP contribution in [-0.4, -0.2) is 22.2 Å². The number of nitrogens with zero attached hydrogens (tertiary/aromatic N) is 1. The highest BCUT2D eigenvalue weighted by Gasteiger charge is 2.24. The monoisotopic (exact) mass is 445 g/mol. The summed E-state index contributed by atoms with van der Waals surface area (Å²) in [5.74, 6) is 0.321. The Kier molecular flexibility index (Phi) is 5.60. The third kappa shape index (κ3) is 3.75. The van der Waals surface area contributed by atoms with Crippen LogP contribution in [0.1, 0.15) is 55.5 Å². The van der Waals surface area contributed by atoms with Crippen LogP contribution in [0, 0.1) is 5.92 Å². The van der Waals surface area contributed by atoms with E-state index in [2.05, 4.69) is 31.4 Å². The molecule has 32 heavy (non-hydrogen) atoms. The SMILES string of the molecule is CCc1ccc(O[C@@H]2CCC[C@H](C)C2)c2c(C(=O)O)cc(-c3csc4ccccc34)nc12. The van der Waals surface area contributed by atoms with Gasteiger partial charge in [0.05, 0.1) is 28.3 Å². The number of ether oxygens (including phenoxy) is 1. The molecular formula is C27H27NO3S. The van der Waals surface area contributed by atoms with Gasteiger partial charge in [0.15, 0.2) is 0 Å². The molecule has 5 rings (SSSR count). The van der Waals surface area contributed by atoms with Gasteiger partial charge < -0.3 is 9.84 Å². The molecule has 2 aromatic heterocycles. The van der Waals surface area contributed by atoms with Gasteiger partial charge in [-0.2, -0.15) is 0 Å². The van der Waals surface area contributed by atoms with Crippen LogP contribution in [0.4, 0.5) is 0 Å². The Balaban J connectivity index is 1.70. The van der Waals surface area contributed by atoms with Crippen molar-refractivity contribution in [2.75, 3.05) is 0 Å². The zero-order valence-electron chi connectivity index (χ0n) is 18.4. The number of thiophene rings is 1. The van der Waals surface area contributed by atoms with Gasteiger partial charge in [0.25, 0.3) is 0 Å². The lowest BCUT2D eigenvalue weighted by molar-refractivity contribution is 0.0698. The van der Waals surface area contributed by atoms with Crippen LogP contribution in [0.5, 0.6) is 5.75 Å². The molecular weight excluding hydrogens is 418 g/mol. The summed E-state index contributed by atoms with van der Waals surface area (Å²) >= 11 is 1.65. The number of rotatable bonds is 5. The van der Waals surface area contributed by atoms with E-state index in [0.29, 0.717) is 22.7 Å². The van der Waals surface area contributed by atoms with Gasteiger partial charge in [0, 0.05) is 21.0 Å². The Morgan fingerprint density at radius 1 is 1.22 bits per heavy atom. The molecule has 0 saturated heterocycles. The molecule has 1 saturated carbocycles. The number of aromatic nitrogens is 1. The largest absolute Gasteiger partial charge is 0.490 e. The Morgan fingerprint density at radius 3 is 2.84 bits per heavy atom. The molecule has 1 aliphatic carbocycles. The van der Waals surface area contributed by atoms with Crippen LogP contribution in [0.15, 0.2) is 47.8 Å². The van der Waals surface area contributed by atoms with Crippen molar-refractivity contribution in [2.45, 2.75) is 52.1 Å². The van der Waals surface area contributed by atoms with Crippen molar-refractivity contribution in [1.82, 2.24) is 4.98 Å². The van der Waals surface area contributed by atoms with Crippen molar-refractivity contribution in [3.8, 4) is 17.0 Å². The Morgan fingerprint density at radius 2 is 2.06 bits per heavy atom. The molecule has 164 valence electrons. The molecule has 4 aromatic rings. The maximum Gasteiger partial charge on any atom is 0.336 e. The molecule has 0 unspecified atom stereocenters. The predicted octanol–water partition coefficient (Wildman–Crippen LogP) is 7.33. The first-order chi connectivity index (χ1) is 15.5. The third-order valence-corrected chi connectivity index (χ3v) is 7.52.